The van der Waals surface area contributed by atoms with Gasteiger partial charge in [-0.3, -0.25) is 9.59 Å². The molecule has 0 aromatic carbocycles. The zero-order valence-corrected chi connectivity index (χ0v) is 17.9. The summed E-state index contributed by atoms with van der Waals surface area (Å²) in [6.45, 7) is -0.277. The van der Waals surface area contributed by atoms with Crippen molar-refractivity contribution in [3.63, 3.8) is 0 Å². The van der Waals surface area contributed by atoms with E-state index in [9.17, 15) is 14.4 Å². The highest BCUT2D eigenvalue weighted by Crippen LogP contribution is 2.48. The molecule has 0 N–H and O–H groups in total. The normalized spacial score (nSPS) is 17.1. The van der Waals surface area contributed by atoms with Crippen molar-refractivity contribution in [3.05, 3.63) is 35.2 Å². The van der Waals surface area contributed by atoms with Crippen molar-refractivity contribution >= 4 is 34.1 Å². The minimum absolute atomic E-state index is 0.256. The maximum atomic E-state index is 12.9. The van der Waals surface area contributed by atoms with Gasteiger partial charge in [-0.1, -0.05) is 32.1 Å². The second kappa shape index (κ2) is 8.80. The number of fused-ring (bicyclic) bond motifs is 1. The molecular formula is C23H26ClNO5. The molecule has 0 radical (unpaired) electrons. The quantitative estimate of drug-likeness (QED) is 0.267. The van der Waals surface area contributed by atoms with Crippen molar-refractivity contribution in [2.45, 2.75) is 57.3 Å². The summed E-state index contributed by atoms with van der Waals surface area (Å²) in [5.41, 5.74) is 2.87. The Hall–Kier alpha value is -2.34. The number of ether oxygens (including phenoxy) is 2. The SMILES string of the molecule is COC(=O)COc1cccn2c(CC3CCCCC3)c(C3CC3)c(C(=O)C(=O)Cl)c12. The lowest BCUT2D eigenvalue weighted by molar-refractivity contribution is -0.142. The van der Waals surface area contributed by atoms with Crippen LogP contribution >= 0.6 is 11.6 Å². The molecule has 2 heterocycles. The van der Waals surface area contributed by atoms with Crippen molar-refractivity contribution < 1.29 is 23.9 Å². The molecule has 4 rings (SSSR count). The molecule has 2 aliphatic carbocycles. The van der Waals surface area contributed by atoms with Gasteiger partial charge in [-0.25, -0.2) is 4.79 Å². The van der Waals surface area contributed by atoms with E-state index in [0.717, 1.165) is 30.5 Å². The van der Waals surface area contributed by atoms with Crippen LogP contribution in [0.2, 0.25) is 0 Å². The van der Waals surface area contributed by atoms with Crippen LogP contribution in [0.4, 0.5) is 0 Å². The number of aromatic nitrogens is 1. The van der Waals surface area contributed by atoms with Crippen LogP contribution in [-0.4, -0.2) is 35.1 Å². The Labute approximate surface area is 180 Å². The van der Waals surface area contributed by atoms with E-state index in [2.05, 4.69) is 4.74 Å². The average molecular weight is 432 g/mol. The largest absolute Gasteiger partial charge is 0.480 e. The van der Waals surface area contributed by atoms with E-state index in [1.165, 1.54) is 39.2 Å². The number of esters is 1. The summed E-state index contributed by atoms with van der Waals surface area (Å²) in [5.74, 6) is -0.0358. The number of carbonyl (C=O) groups is 3. The van der Waals surface area contributed by atoms with Gasteiger partial charge in [0.15, 0.2) is 6.61 Å². The predicted octanol–water partition coefficient (Wildman–Crippen LogP) is 4.44. The summed E-state index contributed by atoms with van der Waals surface area (Å²) < 4.78 is 12.3. The summed E-state index contributed by atoms with van der Waals surface area (Å²) in [6, 6.07) is 3.53. The number of ketones is 1. The molecule has 160 valence electrons. The smallest absolute Gasteiger partial charge is 0.343 e. The lowest BCUT2D eigenvalue weighted by Gasteiger charge is -2.22. The minimum Gasteiger partial charge on any atom is -0.480 e. The number of hydrogen-bond acceptors (Lipinski definition) is 5. The lowest BCUT2D eigenvalue weighted by Crippen LogP contribution is -2.14. The van der Waals surface area contributed by atoms with Gasteiger partial charge in [-0.2, -0.15) is 0 Å². The van der Waals surface area contributed by atoms with Gasteiger partial charge >= 0.3 is 5.97 Å². The molecule has 2 saturated carbocycles. The maximum Gasteiger partial charge on any atom is 0.343 e. The first-order valence-electron chi connectivity index (χ1n) is 10.6. The van der Waals surface area contributed by atoms with Gasteiger partial charge < -0.3 is 13.9 Å². The van der Waals surface area contributed by atoms with Crippen LogP contribution in [0.1, 0.15) is 72.5 Å². The van der Waals surface area contributed by atoms with E-state index in [1.807, 2.05) is 16.7 Å². The van der Waals surface area contributed by atoms with Gasteiger partial charge in [-0.15, -0.1) is 0 Å². The number of nitrogens with zero attached hydrogens (tertiary/aromatic N) is 1. The third-order valence-corrected chi connectivity index (χ3v) is 6.41. The van der Waals surface area contributed by atoms with Crippen LogP contribution in [-0.2, 0) is 20.7 Å². The fourth-order valence-corrected chi connectivity index (χ4v) is 4.78. The fourth-order valence-electron chi connectivity index (χ4n) is 4.68. The van der Waals surface area contributed by atoms with Gasteiger partial charge in [0.1, 0.15) is 5.75 Å². The molecule has 0 atom stereocenters. The highest BCUT2D eigenvalue weighted by atomic mass is 35.5. The summed E-state index contributed by atoms with van der Waals surface area (Å²) in [7, 11) is 1.29. The standard InChI is InChI=1S/C23H26ClNO5/c1-29-18(26)13-30-17-8-5-11-25-16(12-14-6-3-2-4-7-14)19(15-9-10-15)20(21(17)25)22(27)23(24)28/h5,8,11,14-15H,2-4,6-7,9-10,12-13H2,1H3. The maximum absolute atomic E-state index is 12.9. The van der Waals surface area contributed by atoms with E-state index in [-0.39, 0.29) is 12.5 Å². The van der Waals surface area contributed by atoms with E-state index in [0.29, 0.717) is 22.7 Å². The third-order valence-electron chi connectivity index (χ3n) is 6.24. The molecule has 2 aliphatic rings. The highest BCUT2D eigenvalue weighted by molar-refractivity contribution is 6.83. The van der Waals surface area contributed by atoms with E-state index in [1.54, 1.807) is 6.07 Å². The Balaban J connectivity index is 1.86. The number of halogens is 1. The first-order chi connectivity index (χ1) is 14.5. The second-order valence-electron chi connectivity index (χ2n) is 8.28. The monoisotopic (exact) mass is 431 g/mol. The molecule has 2 aromatic rings. The minimum atomic E-state index is -1.00. The number of methoxy groups -OCH3 is 1. The van der Waals surface area contributed by atoms with Crippen LogP contribution in [0.3, 0.4) is 0 Å². The molecular weight excluding hydrogens is 406 g/mol. The van der Waals surface area contributed by atoms with E-state index < -0.39 is 17.0 Å². The zero-order chi connectivity index (χ0) is 21.3. The summed E-state index contributed by atoms with van der Waals surface area (Å²) in [6.07, 6.45) is 10.8. The molecule has 0 aliphatic heterocycles. The number of pyridine rings is 1. The number of carbonyl (C=O) groups excluding carboxylic acids is 3. The number of hydrogen-bond donors (Lipinski definition) is 0. The molecule has 0 unspecified atom stereocenters. The van der Waals surface area contributed by atoms with Crippen LogP contribution in [0, 0.1) is 5.92 Å². The average Bonchev–Trinajstić information content (AvgIpc) is 3.55. The van der Waals surface area contributed by atoms with Gasteiger partial charge in [0.25, 0.3) is 5.24 Å². The fraction of sp³-hybridized carbons (Fsp3) is 0.522. The molecule has 0 saturated heterocycles. The van der Waals surface area contributed by atoms with Gasteiger partial charge in [0.2, 0.25) is 5.78 Å². The van der Waals surface area contributed by atoms with Crippen LogP contribution in [0.25, 0.3) is 5.52 Å². The summed E-state index contributed by atoms with van der Waals surface area (Å²) in [4.78, 5) is 36.4. The summed E-state index contributed by atoms with van der Waals surface area (Å²) >= 11 is 5.65. The Morgan fingerprint density at radius 3 is 2.50 bits per heavy atom. The van der Waals surface area contributed by atoms with Gasteiger partial charge in [0, 0.05) is 11.9 Å². The van der Waals surface area contributed by atoms with Crippen LogP contribution < -0.4 is 4.74 Å². The van der Waals surface area contributed by atoms with Crippen LogP contribution in [0.15, 0.2) is 18.3 Å². The van der Waals surface area contributed by atoms with E-state index >= 15 is 0 Å². The second-order valence-corrected chi connectivity index (χ2v) is 8.62. The van der Waals surface area contributed by atoms with Crippen molar-refractivity contribution in [1.82, 2.24) is 4.40 Å². The molecule has 0 amide bonds. The molecule has 2 aromatic heterocycles. The number of Topliss-reactive ketones (excluding diaryl/α,β-unsaturated/α-hetero) is 1. The topological polar surface area (TPSA) is 74.1 Å². The van der Waals surface area contributed by atoms with Crippen molar-refractivity contribution in [2.75, 3.05) is 13.7 Å². The molecule has 2 fully saturated rings. The molecule has 30 heavy (non-hydrogen) atoms. The van der Waals surface area contributed by atoms with Crippen LogP contribution in [0.5, 0.6) is 5.75 Å². The Morgan fingerprint density at radius 2 is 1.87 bits per heavy atom. The molecule has 7 heteroatoms. The van der Waals surface area contributed by atoms with Crippen molar-refractivity contribution in [3.8, 4) is 5.75 Å². The first kappa shape index (κ1) is 20.9. The third kappa shape index (κ3) is 4.10. The zero-order valence-electron chi connectivity index (χ0n) is 17.1. The van der Waals surface area contributed by atoms with Gasteiger partial charge in [-0.05, 0) is 60.4 Å². The van der Waals surface area contributed by atoms with Crippen molar-refractivity contribution in [1.29, 1.82) is 0 Å². The van der Waals surface area contributed by atoms with Crippen molar-refractivity contribution in [2.24, 2.45) is 5.92 Å². The first-order valence-corrected chi connectivity index (χ1v) is 11.0. The predicted molar refractivity (Wildman–Crippen MR) is 112 cm³/mol. The van der Waals surface area contributed by atoms with Gasteiger partial charge in [0.05, 0.1) is 18.2 Å². The lowest BCUT2D eigenvalue weighted by atomic mass is 9.85. The Bertz CT molecular complexity index is 985. The molecule has 0 bridgehead atoms. The number of rotatable bonds is 8. The highest BCUT2D eigenvalue weighted by Gasteiger charge is 2.37. The van der Waals surface area contributed by atoms with E-state index in [4.69, 9.17) is 16.3 Å². The summed E-state index contributed by atoms with van der Waals surface area (Å²) in [5, 5.41) is -1.00. The Kier molecular flexibility index (Phi) is 6.14. The molecule has 0 spiro atoms. The molecule has 6 nitrogen and oxygen atoms in total. The Morgan fingerprint density at radius 1 is 1.13 bits per heavy atom.